The first-order valence-corrected chi connectivity index (χ1v) is 10.2. The molecule has 28 heavy (non-hydrogen) atoms. The van der Waals surface area contributed by atoms with Crippen LogP contribution >= 0.6 is 0 Å². The van der Waals surface area contributed by atoms with Crippen LogP contribution in [0.15, 0.2) is 0 Å². The summed E-state index contributed by atoms with van der Waals surface area (Å²) in [5.74, 6) is -0.280. The number of amides is 4. The number of hydrogen-bond donors (Lipinski definition) is 4. The molecule has 0 aromatic rings. The van der Waals surface area contributed by atoms with Gasteiger partial charge in [0.05, 0.1) is 12.6 Å². The van der Waals surface area contributed by atoms with Crippen molar-refractivity contribution in [1.29, 1.82) is 0 Å². The van der Waals surface area contributed by atoms with Crippen LogP contribution in [0.1, 0.15) is 33.1 Å². The molecule has 0 spiro atoms. The zero-order valence-electron chi connectivity index (χ0n) is 16.0. The molecule has 13 nitrogen and oxygen atoms in total. The molecule has 0 aliphatic carbocycles. The predicted molar refractivity (Wildman–Crippen MR) is 97.6 cm³/mol. The largest absolute Gasteiger partial charge is 0.418 e. The molecule has 164 valence electrons. The van der Waals surface area contributed by atoms with Crippen molar-refractivity contribution in [3.8, 4) is 0 Å². The Bertz CT molecular complexity index is 588. The molecule has 2 aliphatic rings. The molecular weight excluding hydrogens is 398 g/mol. The standard InChI is InChI=1S/C6H13N3O3.C6H10N2O5S.C2H6/c7-2-4-12-9-6(11)1-3-8-5-10;9-6-7-3-1-2-5(4-7)8(6)13-14(10,11)12;1-2/h5H,1-4,7H2,(H,8,10)(H,9,11);5H,1-4H2,(H,10,11,12);1-2H3. The van der Waals surface area contributed by atoms with Crippen molar-refractivity contribution >= 4 is 28.7 Å². The van der Waals surface area contributed by atoms with Gasteiger partial charge in [0.25, 0.3) is 0 Å². The minimum atomic E-state index is -4.60. The van der Waals surface area contributed by atoms with E-state index < -0.39 is 16.4 Å². The molecule has 0 aromatic carbocycles. The van der Waals surface area contributed by atoms with Gasteiger partial charge in [-0.05, 0) is 12.8 Å². The number of fused-ring (bicyclic) bond motifs is 2. The van der Waals surface area contributed by atoms with Crippen LogP contribution in [0.25, 0.3) is 0 Å². The third-order valence-electron chi connectivity index (χ3n) is 3.35. The van der Waals surface area contributed by atoms with E-state index in [0.717, 1.165) is 11.5 Å². The third-order valence-corrected chi connectivity index (χ3v) is 3.70. The number of carbonyl (C=O) groups is 3. The number of urea groups is 1. The lowest BCUT2D eigenvalue weighted by Gasteiger charge is -2.20. The van der Waals surface area contributed by atoms with E-state index in [2.05, 4.69) is 19.9 Å². The first-order chi connectivity index (χ1) is 13.3. The maximum Gasteiger partial charge on any atom is 0.418 e. The van der Waals surface area contributed by atoms with Crippen LogP contribution in [-0.2, 0) is 29.1 Å². The number of hydrogen-bond acceptors (Lipinski definition) is 8. The van der Waals surface area contributed by atoms with Gasteiger partial charge in [-0.2, -0.15) is 13.5 Å². The Balaban J connectivity index is 0.000000485. The lowest BCUT2D eigenvalue weighted by Crippen LogP contribution is -2.35. The van der Waals surface area contributed by atoms with Crippen molar-refractivity contribution < 1.29 is 36.5 Å². The first-order valence-electron chi connectivity index (χ1n) is 8.81. The molecule has 2 rings (SSSR count). The number of rotatable bonds is 9. The predicted octanol–water partition coefficient (Wildman–Crippen LogP) is -1.22. The lowest BCUT2D eigenvalue weighted by atomic mass is 10.1. The summed E-state index contributed by atoms with van der Waals surface area (Å²) in [6, 6.07) is -0.761. The Morgan fingerprint density at radius 3 is 2.64 bits per heavy atom. The van der Waals surface area contributed by atoms with E-state index in [4.69, 9.17) is 10.3 Å². The zero-order valence-corrected chi connectivity index (χ0v) is 16.8. The number of nitrogens with zero attached hydrogens (tertiary/aromatic N) is 2. The van der Waals surface area contributed by atoms with E-state index in [1.165, 1.54) is 4.90 Å². The first kappa shape index (κ1) is 26.0. The second-order valence-corrected chi connectivity index (χ2v) is 6.34. The van der Waals surface area contributed by atoms with Crippen molar-refractivity contribution in [3.05, 3.63) is 0 Å². The fraction of sp³-hybridized carbons (Fsp3) is 0.786. The van der Waals surface area contributed by atoms with E-state index in [1.54, 1.807) is 0 Å². The summed E-state index contributed by atoms with van der Waals surface area (Å²) in [7, 11) is -4.60. The Kier molecular flexibility index (Phi) is 13.1. The van der Waals surface area contributed by atoms with Crippen molar-refractivity contribution in [2.24, 2.45) is 5.73 Å². The van der Waals surface area contributed by atoms with Crippen molar-refractivity contribution in [2.75, 3.05) is 32.8 Å². The smallest absolute Gasteiger partial charge is 0.358 e. The molecule has 2 heterocycles. The number of piperidine rings is 1. The fourth-order valence-corrected chi connectivity index (χ4v) is 2.68. The van der Waals surface area contributed by atoms with Gasteiger partial charge in [0.2, 0.25) is 12.3 Å². The van der Waals surface area contributed by atoms with E-state index in [9.17, 15) is 22.8 Å². The molecule has 2 aliphatic heterocycles. The molecule has 4 amide bonds. The number of nitrogens with two attached hydrogens (primary N) is 1. The molecule has 14 heteroatoms. The van der Waals surface area contributed by atoms with E-state index in [1.807, 2.05) is 13.8 Å². The molecule has 2 saturated heterocycles. The second-order valence-electron chi connectivity index (χ2n) is 5.34. The van der Waals surface area contributed by atoms with Crippen LogP contribution in [0, 0.1) is 0 Å². The van der Waals surface area contributed by atoms with Crippen LogP contribution in [-0.4, -0.2) is 80.1 Å². The summed E-state index contributed by atoms with van der Waals surface area (Å²) in [5.41, 5.74) is 7.27. The van der Waals surface area contributed by atoms with Gasteiger partial charge in [0, 0.05) is 32.6 Å². The Hall–Kier alpha value is -2.00. The molecular formula is C14H29N5O8S. The van der Waals surface area contributed by atoms with Gasteiger partial charge in [0.15, 0.2) is 0 Å². The lowest BCUT2D eigenvalue weighted by molar-refractivity contribution is -0.133. The molecule has 2 fully saturated rings. The molecule has 0 saturated carbocycles. The second kappa shape index (κ2) is 14.1. The van der Waals surface area contributed by atoms with Crippen molar-refractivity contribution in [3.63, 3.8) is 0 Å². The normalized spacial score (nSPS) is 17.7. The van der Waals surface area contributed by atoms with Crippen LogP contribution in [0.4, 0.5) is 4.79 Å². The minimum absolute atomic E-state index is 0.198. The van der Waals surface area contributed by atoms with Gasteiger partial charge in [-0.15, -0.1) is 4.28 Å². The number of carbonyl (C=O) groups excluding carboxylic acids is 3. The summed E-state index contributed by atoms with van der Waals surface area (Å²) < 4.78 is 33.5. The van der Waals surface area contributed by atoms with Crippen LogP contribution in [0.2, 0.25) is 0 Å². The molecule has 1 unspecified atom stereocenters. The van der Waals surface area contributed by atoms with Gasteiger partial charge < -0.3 is 16.0 Å². The Morgan fingerprint density at radius 1 is 1.43 bits per heavy atom. The Labute approximate surface area is 164 Å². The minimum Gasteiger partial charge on any atom is -0.358 e. The number of nitrogens with one attached hydrogen (secondary N) is 2. The SMILES string of the molecule is CC.NCCONC(=O)CCNC=O.O=C1N2CCCC(C2)N1OS(=O)(=O)O. The molecule has 1 atom stereocenters. The van der Waals surface area contributed by atoms with Gasteiger partial charge >= 0.3 is 16.4 Å². The topological polar surface area (TPSA) is 181 Å². The van der Waals surface area contributed by atoms with E-state index in [0.29, 0.717) is 39.0 Å². The highest BCUT2D eigenvalue weighted by molar-refractivity contribution is 7.80. The summed E-state index contributed by atoms with van der Waals surface area (Å²) in [4.78, 5) is 38.1. The average Bonchev–Trinajstić information content (AvgIpc) is 2.86. The summed E-state index contributed by atoms with van der Waals surface area (Å²) >= 11 is 0. The molecule has 5 N–H and O–H groups in total. The Morgan fingerprint density at radius 2 is 2.11 bits per heavy atom. The third kappa shape index (κ3) is 10.4. The highest BCUT2D eigenvalue weighted by Gasteiger charge is 2.42. The van der Waals surface area contributed by atoms with Crippen molar-refractivity contribution in [2.45, 2.75) is 39.2 Å². The molecule has 0 radical (unpaired) electrons. The van der Waals surface area contributed by atoms with Gasteiger partial charge in [-0.25, -0.2) is 10.3 Å². The monoisotopic (exact) mass is 427 g/mol. The van der Waals surface area contributed by atoms with Crippen LogP contribution in [0.3, 0.4) is 0 Å². The maximum atomic E-state index is 11.4. The molecule has 2 bridgehead atoms. The molecule has 0 aromatic heterocycles. The summed E-state index contributed by atoms with van der Waals surface area (Å²) in [5, 5.41) is 3.09. The quantitative estimate of drug-likeness (QED) is 0.152. The van der Waals surface area contributed by atoms with Gasteiger partial charge in [-0.3, -0.25) is 19.0 Å². The summed E-state index contributed by atoms with van der Waals surface area (Å²) in [6.07, 6.45) is 2.25. The van der Waals surface area contributed by atoms with Gasteiger partial charge in [-0.1, -0.05) is 13.8 Å². The maximum absolute atomic E-state index is 11.4. The van der Waals surface area contributed by atoms with Gasteiger partial charge in [0.1, 0.15) is 0 Å². The van der Waals surface area contributed by atoms with E-state index >= 15 is 0 Å². The van der Waals surface area contributed by atoms with Crippen molar-refractivity contribution in [1.82, 2.24) is 20.8 Å². The summed E-state index contributed by atoms with van der Waals surface area (Å²) in [6.45, 7) is 6.02. The highest BCUT2D eigenvalue weighted by Crippen LogP contribution is 2.25. The van der Waals surface area contributed by atoms with Crippen LogP contribution in [0.5, 0.6) is 0 Å². The number of hydroxylamine groups is 3. The van der Waals surface area contributed by atoms with Crippen LogP contribution < -0.4 is 16.5 Å². The fourth-order valence-electron chi connectivity index (χ4n) is 2.30. The highest BCUT2D eigenvalue weighted by atomic mass is 32.3. The van der Waals surface area contributed by atoms with E-state index in [-0.39, 0.29) is 25.0 Å². The zero-order chi connectivity index (χ0) is 21.6. The average molecular weight is 427 g/mol.